The van der Waals surface area contributed by atoms with E-state index in [9.17, 15) is 39.6 Å². The average Bonchev–Trinajstić information content (AvgIpc) is 3.20. The summed E-state index contributed by atoms with van der Waals surface area (Å²) in [6.07, 6.45) is 3.43. The number of carbonyl (C=O) groups excluding carboxylic acids is 4. The minimum Gasteiger partial charge on any atom is -0.508 e. The first-order valence-corrected chi connectivity index (χ1v) is 14.0. The Hall–Kier alpha value is -3.70. The maximum atomic E-state index is 14.3. The van der Waals surface area contributed by atoms with Crippen LogP contribution in [-0.4, -0.2) is 80.6 Å². The third-order valence-electron chi connectivity index (χ3n) is 9.41. The first-order valence-electron chi connectivity index (χ1n) is 14.0. The molecule has 6 atom stereocenters. The largest absolute Gasteiger partial charge is 0.508 e. The lowest BCUT2D eigenvalue weighted by Crippen LogP contribution is -2.71. The van der Waals surface area contributed by atoms with Gasteiger partial charge < -0.3 is 30.9 Å². The molecule has 0 aromatic heterocycles. The molecule has 0 heterocycles. The molecule has 11 nitrogen and oxygen atoms in total. The van der Waals surface area contributed by atoms with Crippen molar-refractivity contribution in [3.05, 3.63) is 46.2 Å². The number of hydrogen-bond acceptors (Lipinski definition) is 10. The summed E-state index contributed by atoms with van der Waals surface area (Å²) < 4.78 is 6.19. The summed E-state index contributed by atoms with van der Waals surface area (Å²) in [6.45, 7) is 1.74. The molecular formula is C30H36N2O9. The molecule has 1 amide bonds. The van der Waals surface area contributed by atoms with Gasteiger partial charge >= 0.3 is 5.97 Å². The molecule has 1 aromatic rings. The molecule has 0 radical (unpaired) electrons. The van der Waals surface area contributed by atoms with Crippen molar-refractivity contribution in [2.45, 2.75) is 69.1 Å². The second kappa shape index (κ2) is 10.3. The quantitative estimate of drug-likeness (QED) is 0.204. The number of likely N-dealkylation sites (N-methyl/N-ethyl adjacent to an activating group) is 1. The Morgan fingerprint density at radius 3 is 2.27 bits per heavy atom. The number of phenols is 1. The topological polar surface area (TPSA) is 188 Å². The zero-order chi connectivity index (χ0) is 30.0. The van der Waals surface area contributed by atoms with Crippen molar-refractivity contribution < 1.29 is 44.3 Å². The molecule has 4 aliphatic rings. The van der Waals surface area contributed by atoms with Crippen molar-refractivity contribution in [2.24, 2.45) is 23.5 Å². The molecule has 2 fully saturated rings. The molecule has 1 aromatic carbocycles. The Kier molecular flexibility index (Phi) is 7.23. The molecule has 41 heavy (non-hydrogen) atoms. The average molecular weight is 569 g/mol. The molecule has 4 aliphatic carbocycles. The first kappa shape index (κ1) is 28.8. The minimum atomic E-state index is -2.94. The lowest BCUT2D eigenvalue weighted by atomic mass is 9.54. The number of aliphatic hydroxyl groups excluding tert-OH is 2. The number of aliphatic hydroxyl groups is 3. The van der Waals surface area contributed by atoms with Gasteiger partial charge in [-0.15, -0.1) is 0 Å². The number of amides is 1. The van der Waals surface area contributed by atoms with E-state index in [0.717, 1.165) is 25.7 Å². The van der Waals surface area contributed by atoms with E-state index in [4.69, 9.17) is 10.5 Å². The maximum Gasteiger partial charge on any atom is 0.309 e. The van der Waals surface area contributed by atoms with E-state index in [-0.39, 0.29) is 16.9 Å². The van der Waals surface area contributed by atoms with Crippen LogP contribution in [0.5, 0.6) is 5.75 Å². The molecule has 0 bridgehead atoms. The smallest absolute Gasteiger partial charge is 0.309 e. The maximum absolute atomic E-state index is 14.3. The highest BCUT2D eigenvalue weighted by molar-refractivity contribution is 6.24. The molecule has 6 N–H and O–H groups in total. The van der Waals surface area contributed by atoms with Crippen LogP contribution in [0.3, 0.4) is 0 Å². The summed E-state index contributed by atoms with van der Waals surface area (Å²) in [6, 6.07) is 3.19. The number of ketones is 2. The molecule has 0 aliphatic heterocycles. The zero-order valence-corrected chi connectivity index (χ0v) is 23.3. The SMILES string of the molecule is CC1c2cccc(O)c2C(O)=C2C(=O)[C@]3(O)C(O)=C(C(N)=O)C(=O)[C@@H](N(C)C)C3C(OC(=O)C3CCCCCC3)C21. The Labute approximate surface area is 237 Å². The van der Waals surface area contributed by atoms with Gasteiger partial charge in [0.05, 0.1) is 23.4 Å². The van der Waals surface area contributed by atoms with Gasteiger partial charge in [0, 0.05) is 11.5 Å². The van der Waals surface area contributed by atoms with E-state index < -0.39 is 82.0 Å². The number of nitrogens with two attached hydrogens (primary N) is 1. The lowest BCUT2D eigenvalue weighted by Gasteiger charge is -2.54. The molecule has 4 unspecified atom stereocenters. The summed E-state index contributed by atoms with van der Waals surface area (Å²) in [5.74, 6) is -9.84. The van der Waals surface area contributed by atoms with Crippen LogP contribution in [0.15, 0.2) is 35.1 Å². The van der Waals surface area contributed by atoms with Crippen LogP contribution in [0, 0.1) is 17.8 Å². The molecule has 5 rings (SSSR count). The summed E-state index contributed by atoms with van der Waals surface area (Å²) >= 11 is 0. The summed E-state index contributed by atoms with van der Waals surface area (Å²) in [4.78, 5) is 55.3. The number of ether oxygens (including phenoxy) is 1. The number of phenolic OH excluding ortho intramolecular Hbond substituents is 1. The minimum absolute atomic E-state index is 0.0230. The molecule has 0 spiro atoms. The van der Waals surface area contributed by atoms with E-state index >= 15 is 0 Å². The number of Topliss-reactive ketones (excluding diaryl/α,β-unsaturated/α-hetero) is 2. The highest BCUT2D eigenvalue weighted by Gasteiger charge is 2.69. The zero-order valence-electron chi connectivity index (χ0n) is 23.3. The van der Waals surface area contributed by atoms with Crippen molar-refractivity contribution >= 4 is 29.2 Å². The van der Waals surface area contributed by atoms with Crippen molar-refractivity contribution in [3.8, 4) is 5.75 Å². The second-order valence-corrected chi connectivity index (χ2v) is 11.9. The van der Waals surface area contributed by atoms with Gasteiger partial charge in [0.2, 0.25) is 5.78 Å². The van der Waals surface area contributed by atoms with E-state index in [1.54, 1.807) is 19.1 Å². The van der Waals surface area contributed by atoms with Crippen molar-refractivity contribution in [1.29, 1.82) is 0 Å². The van der Waals surface area contributed by atoms with Crippen LogP contribution in [-0.2, 0) is 23.9 Å². The fourth-order valence-electron chi connectivity index (χ4n) is 7.43. The summed E-state index contributed by atoms with van der Waals surface area (Å²) in [5, 5.41) is 45.4. The monoisotopic (exact) mass is 568 g/mol. The van der Waals surface area contributed by atoms with E-state index in [0.29, 0.717) is 18.4 Å². The van der Waals surface area contributed by atoms with E-state index in [1.807, 2.05) is 0 Å². The fourth-order valence-corrected chi connectivity index (χ4v) is 7.43. The Morgan fingerprint density at radius 1 is 1.05 bits per heavy atom. The number of carbonyl (C=O) groups is 4. The van der Waals surface area contributed by atoms with Gasteiger partial charge in [0.15, 0.2) is 11.4 Å². The van der Waals surface area contributed by atoms with E-state index in [1.165, 1.54) is 25.1 Å². The van der Waals surface area contributed by atoms with E-state index in [2.05, 4.69) is 0 Å². The van der Waals surface area contributed by atoms with Gasteiger partial charge in [-0.25, -0.2) is 0 Å². The van der Waals surface area contributed by atoms with Crippen molar-refractivity contribution in [2.75, 3.05) is 14.1 Å². The number of aromatic hydroxyl groups is 1. The molecule has 0 saturated heterocycles. The number of esters is 1. The highest BCUT2D eigenvalue weighted by Crippen LogP contribution is 2.57. The van der Waals surface area contributed by atoms with Gasteiger partial charge in [-0.3, -0.25) is 24.1 Å². The van der Waals surface area contributed by atoms with Gasteiger partial charge in [-0.2, -0.15) is 0 Å². The molecule has 11 heteroatoms. The number of fused-ring (bicyclic) bond motifs is 3. The summed E-state index contributed by atoms with van der Waals surface area (Å²) in [7, 11) is 3.00. The van der Waals surface area contributed by atoms with Crippen molar-refractivity contribution in [3.63, 3.8) is 0 Å². The van der Waals surface area contributed by atoms with Crippen LogP contribution in [0.4, 0.5) is 0 Å². The Balaban J connectivity index is 1.78. The fraction of sp³-hybridized carbons (Fsp3) is 0.533. The third-order valence-corrected chi connectivity index (χ3v) is 9.41. The van der Waals surface area contributed by atoms with Crippen LogP contribution < -0.4 is 5.73 Å². The third kappa shape index (κ3) is 4.16. The first-order chi connectivity index (χ1) is 19.3. The predicted octanol–water partition coefficient (Wildman–Crippen LogP) is 2.02. The van der Waals surface area contributed by atoms with Crippen LogP contribution in [0.1, 0.15) is 62.5 Å². The number of hydrogen-bond donors (Lipinski definition) is 5. The normalized spacial score (nSPS) is 32.3. The standard InChI is InChI=1S/C30H36N2O9/c1-13-15-11-8-12-16(33)18(15)23(34)19-17(13)25(41-29(39)14-9-6-4-5-7-10-14)21-22(32(2)3)24(35)20(28(31)38)27(37)30(21,40)26(19)36/h8,11-14,17,21-22,25,33-34,37,40H,4-7,9-10H2,1-3H3,(H2,31,38)/t13?,17?,21?,22-,25?,30-/m0/s1. The number of nitrogens with zero attached hydrogens (tertiary/aromatic N) is 1. The van der Waals surface area contributed by atoms with Crippen LogP contribution >= 0.6 is 0 Å². The molecule has 220 valence electrons. The number of rotatable bonds is 4. The van der Waals surface area contributed by atoms with Crippen LogP contribution in [0.25, 0.3) is 5.76 Å². The lowest BCUT2D eigenvalue weighted by molar-refractivity contribution is -0.188. The van der Waals surface area contributed by atoms with Crippen molar-refractivity contribution in [1.82, 2.24) is 4.90 Å². The molecular weight excluding hydrogens is 532 g/mol. The predicted molar refractivity (Wildman–Crippen MR) is 145 cm³/mol. The second-order valence-electron chi connectivity index (χ2n) is 11.9. The van der Waals surface area contributed by atoms with Crippen LogP contribution in [0.2, 0.25) is 0 Å². The highest BCUT2D eigenvalue weighted by atomic mass is 16.5. The molecule has 2 saturated carbocycles. The summed E-state index contributed by atoms with van der Waals surface area (Å²) in [5.41, 5.74) is 1.64. The Bertz CT molecular complexity index is 1390. The Morgan fingerprint density at radius 2 is 1.68 bits per heavy atom. The van der Waals surface area contributed by atoms with Gasteiger partial charge in [0.25, 0.3) is 5.91 Å². The van der Waals surface area contributed by atoms with Gasteiger partial charge in [-0.05, 0) is 44.5 Å². The number of benzene rings is 1. The number of primary amides is 1. The van der Waals surface area contributed by atoms with Gasteiger partial charge in [0.1, 0.15) is 28.9 Å². The van der Waals surface area contributed by atoms with Gasteiger partial charge in [-0.1, -0.05) is 44.7 Å².